The van der Waals surface area contributed by atoms with Gasteiger partial charge in [0.1, 0.15) is 49.3 Å². The van der Waals surface area contributed by atoms with Gasteiger partial charge in [0.2, 0.25) is 0 Å². The van der Waals surface area contributed by atoms with E-state index in [9.17, 15) is 0 Å². The summed E-state index contributed by atoms with van der Waals surface area (Å²) < 4.78 is 0. The molecule has 0 aliphatic carbocycles. The van der Waals surface area contributed by atoms with E-state index in [0.29, 0.717) is 12.3 Å². The average molecular weight is 1560 g/mol. The van der Waals surface area contributed by atoms with Gasteiger partial charge in [-0.15, -0.1) is 0 Å². The Labute approximate surface area is 689 Å². The van der Waals surface area contributed by atoms with Crippen molar-refractivity contribution in [3.05, 3.63) is 254 Å². The smallest absolute Gasteiger partial charge is 0.178 e. The first-order valence-corrected chi connectivity index (χ1v) is 40.8. The summed E-state index contributed by atoms with van der Waals surface area (Å²) in [6.45, 7) is 28.9. The summed E-state index contributed by atoms with van der Waals surface area (Å²) >= 11 is 0. The lowest BCUT2D eigenvalue weighted by atomic mass is 9.98. The maximum atomic E-state index is 4.65. The number of aryl methyl sites for hydroxylation is 1. The number of anilines is 20. The summed E-state index contributed by atoms with van der Waals surface area (Å²) in [5, 5.41) is 5.20. The number of hydrogen-bond acceptors (Lipinski definition) is 22. The molecule has 0 fully saturated rings. The number of para-hydroxylation sites is 2. The van der Waals surface area contributed by atoms with Crippen LogP contribution in [0.25, 0.3) is 21.5 Å². The standard InChI is InChI=1S/C33H32N4.C23H26N6.C20H26N6.C19H24N6/c1-21-26(36-22(2)34(4)28-17-6-11-24-13-8-19-30(36)32(24)28)15-10-16-27(21)37-23(3)35(5)29-18-7-12-25-14-9-20-31(37)33(25)29;1-15-18(28-16(2)26(4)20-9-6-7-10-21(20)28)11-8-12-19(15)29-17(3)27(5)22-23(29)25-14-13-24-22;1-13-11-17(25-10-9-23(5)15(25)3)14(2)18(12-13)26-16(4)24(6)19-20(26)22-8-7-21-19;1-13-16(24-12-11-22(4)14(24)2)7-6-8-17(13)25-15(3)23(5)18-19(25)21-10-9-20-18/h6-20,22-23H,1-5H3;6-14,16-17H,1-5H3;7-12,15-16H,1-6H3;6-12,14-15H,1-5H3/t22-,23+;16-,17+;15-,16+;14-,15+/m.111/s1. The molecule has 0 spiro atoms. The Bertz CT molecular complexity index is 5650. The monoisotopic (exact) mass is 1560 g/mol. The minimum Gasteiger partial charge on any atom is -0.359 e. The topological polar surface area (TPSA) is 129 Å². The molecule has 117 heavy (non-hydrogen) atoms. The second kappa shape index (κ2) is 30.0. The van der Waals surface area contributed by atoms with Gasteiger partial charge in [-0.2, -0.15) is 0 Å². The zero-order valence-electron chi connectivity index (χ0n) is 71.3. The third-order valence-electron chi connectivity index (χ3n) is 26.1. The summed E-state index contributed by atoms with van der Waals surface area (Å²) in [4.78, 5) is 64.5. The molecule has 0 N–H and O–H groups in total. The predicted molar refractivity (Wildman–Crippen MR) is 488 cm³/mol. The number of aromatic nitrogens is 6. The number of hydrogen-bond donors (Lipinski definition) is 0. The Balaban J connectivity index is 0.000000113. The van der Waals surface area contributed by atoms with Crippen LogP contribution in [0.1, 0.15) is 83.2 Å². The van der Waals surface area contributed by atoms with Crippen molar-refractivity contribution in [1.29, 1.82) is 0 Å². The van der Waals surface area contributed by atoms with Crippen molar-refractivity contribution in [2.75, 3.05) is 125 Å². The largest absolute Gasteiger partial charge is 0.359 e. The molecule has 11 heterocycles. The van der Waals surface area contributed by atoms with Crippen LogP contribution in [0.4, 0.5) is 115 Å². The van der Waals surface area contributed by atoms with Gasteiger partial charge in [-0.25, -0.2) is 29.9 Å². The van der Waals surface area contributed by atoms with Crippen LogP contribution in [0, 0.1) is 34.6 Å². The summed E-state index contributed by atoms with van der Waals surface area (Å²) in [6.07, 6.45) is 20.8. The fourth-order valence-electron chi connectivity index (χ4n) is 18.6. The molecule has 22 nitrogen and oxygen atoms in total. The molecule has 598 valence electrons. The molecule has 0 saturated heterocycles. The predicted octanol–water partition coefficient (Wildman–Crippen LogP) is 19.7. The van der Waals surface area contributed by atoms with Crippen LogP contribution in [0.5, 0.6) is 0 Å². The summed E-state index contributed by atoms with van der Waals surface area (Å²) in [5.41, 5.74) is 23.6. The molecule has 0 saturated carbocycles. The normalized spacial score (nSPS) is 20.5. The SMILES string of the molecule is Cc1c(N2C=CN(C)[C@H]2C)cccc1N1c2nccnc2N(C)[C@@H]1C.Cc1c(N2c3cccc4cccc(c34)N(C)[C@H]2C)cccc1N1c2cccc3cccc(c23)N(C)[C@@H]1C.Cc1c(N2c3ccccc3N(C)[C@H]2C)cccc1N1c2nccnc2N(C)[C@@H]1C.Cc1cc(N2C=CN(C)[C@H]2C)c(C)c(N2c3nccnc3N(C)[C@@H]2C)c1. The number of benzene rings is 9. The van der Waals surface area contributed by atoms with Crippen molar-refractivity contribution >= 4 is 136 Å². The first-order chi connectivity index (χ1) is 56.4. The van der Waals surface area contributed by atoms with Gasteiger partial charge in [0.15, 0.2) is 34.9 Å². The third-order valence-corrected chi connectivity index (χ3v) is 26.1. The molecule has 3 aromatic heterocycles. The molecule has 0 unspecified atom stereocenters. The lowest BCUT2D eigenvalue weighted by molar-refractivity contribution is 0.383. The number of nitrogens with zero attached hydrogens (tertiary/aromatic N) is 22. The van der Waals surface area contributed by atoms with Gasteiger partial charge in [-0.05, 0) is 214 Å². The molecule has 8 aliphatic heterocycles. The van der Waals surface area contributed by atoms with Crippen LogP contribution >= 0.6 is 0 Å². The van der Waals surface area contributed by atoms with Crippen LogP contribution in [0.2, 0.25) is 0 Å². The van der Waals surface area contributed by atoms with Gasteiger partial charge >= 0.3 is 0 Å². The van der Waals surface area contributed by atoms with Crippen LogP contribution in [0.3, 0.4) is 0 Å². The van der Waals surface area contributed by atoms with Crippen LogP contribution in [-0.2, 0) is 0 Å². The second-order valence-electron chi connectivity index (χ2n) is 32.3. The van der Waals surface area contributed by atoms with Crippen molar-refractivity contribution in [3.63, 3.8) is 0 Å². The molecular weight excluding hydrogens is 1450 g/mol. The van der Waals surface area contributed by atoms with Crippen molar-refractivity contribution < 1.29 is 0 Å². The zero-order chi connectivity index (χ0) is 82.0. The minimum absolute atomic E-state index is 0.146. The molecule has 12 aromatic rings. The highest BCUT2D eigenvalue weighted by Crippen LogP contribution is 2.53. The Hall–Kier alpha value is -13.0. The van der Waals surface area contributed by atoms with E-state index in [0.717, 1.165) is 34.9 Å². The Morgan fingerprint density at radius 1 is 0.222 bits per heavy atom. The molecule has 8 aliphatic rings. The van der Waals surface area contributed by atoms with E-state index in [-0.39, 0.29) is 37.0 Å². The van der Waals surface area contributed by atoms with Gasteiger partial charge in [-0.1, -0.05) is 78.9 Å². The Kier molecular flexibility index (Phi) is 19.7. The Morgan fingerprint density at radius 2 is 0.487 bits per heavy atom. The van der Waals surface area contributed by atoms with Crippen LogP contribution in [-0.4, -0.2) is 145 Å². The molecule has 0 amide bonds. The van der Waals surface area contributed by atoms with Crippen molar-refractivity contribution in [1.82, 2.24) is 39.7 Å². The number of rotatable bonds is 8. The third kappa shape index (κ3) is 12.4. The highest BCUT2D eigenvalue weighted by atomic mass is 15.5. The maximum absolute atomic E-state index is 4.65. The van der Waals surface area contributed by atoms with Crippen molar-refractivity contribution in [2.24, 2.45) is 0 Å². The molecule has 0 radical (unpaired) electrons. The van der Waals surface area contributed by atoms with E-state index >= 15 is 0 Å². The molecule has 0 bridgehead atoms. The van der Waals surface area contributed by atoms with Crippen molar-refractivity contribution in [3.8, 4) is 0 Å². The van der Waals surface area contributed by atoms with Gasteiger partial charge < -0.3 is 78.4 Å². The van der Waals surface area contributed by atoms with Gasteiger partial charge in [-0.3, -0.25) is 0 Å². The van der Waals surface area contributed by atoms with Gasteiger partial charge in [0.25, 0.3) is 0 Å². The fraction of sp³-hybridized carbons (Fsp3) is 0.305. The first kappa shape index (κ1) is 76.6. The van der Waals surface area contributed by atoms with Gasteiger partial charge in [0.05, 0.1) is 22.7 Å². The van der Waals surface area contributed by atoms with Crippen molar-refractivity contribution in [2.45, 2.75) is 139 Å². The second-order valence-corrected chi connectivity index (χ2v) is 32.3. The quantitative estimate of drug-likeness (QED) is 0.143. The molecule has 8 atom stereocenters. The highest BCUT2D eigenvalue weighted by Gasteiger charge is 2.42. The summed E-state index contributed by atoms with van der Waals surface area (Å²) in [5.74, 6) is 5.52. The molecular formula is C95H108N22. The van der Waals surface area contributed by atoms with Crippen LogP contribution in [0.15, 0.2) is 226 Å². The molecule has 20 rings (SSSR count). The number of fused-ring (bicyclic) bond motifs is 4. The van der Waals surface area contributed by atoms with E-state index < -0.39 is 0 Å². The molecule has 22 heteroatoms. The lowest BCUT2D eigenvalue weighted by Crippen LogP contribution is -2.46. The van der Waals surface area contributed by atoms with E-state index in [1.54, 1.807) is 37.2 Å². The van der Waals surface area contributed by atoms with E-state index in [1.807, 2.05) is 0 Å². The fourth-order valence-corrected chi connectivity index (χ4v) is 18.6. The summed E-state index contributed by atoms with van der Waals surface area (Å²) in [6, 6.07) is 59.5. The molecule has 9 aromatic carbocycles. The summed E-state index contributed by atoms with van der Waals surface area (Å²) in [7, 11) is 17.0. The Morgan fingerprint density at radius 3 is 0.872 bits per heavy atom. The average Bonchev–Trinajstić information content (AvgIpc) is 1.48. The van der Waals surface area contributed by atoms with E-state index in [2.05, 4.69) is 443 Å². The van der Waals surface area contributed by atoms with E-state index in [1.165, 1.54) is 129 Å². The highest BCUT2D eigenvalue weighted by molar-refractivity contribution is 6.09. The van der Waals surface area contributed by atoms with Crippen LogP contribution < -0.4 is 68.6 Å². The minimum atomic E-state index is 0.146. The first-order valence-electron chi connectivity index (χ1n) is 40.8. The lowest BCUT2D eigenvalue weighted by Gasteiger charge is -2.46. The zero-order valence-corrected chi connectivity index (χ0v) is 71.3. The maximum Gasteiger partial charge on any atom is 0.178 e. The van der Waals surface area contributed by atoms with Gasteiger partial charge in [0, 0.05) is 186 Å². The van der Waals surface area contributed by atoms with E-state index in [4.69, 9.17) is 0 Å².